The first-order valence-electron chi connectivity index (χ1n) is 8.11. The maximum atomic E-state index is 12.2. The number of aliphatic hydroxyl groups excluding tert-OH is 1. The van der Waals surface area contributed by atoms with Crippen molar-refractivity contribution in [3.63, 3.8) is 0 Å². The van der Waals surface area contributed by atoms with Crippen molar-refractivity contribution >= 4 is 6.09 Å². The van der Waals surface area contributed by atoms with E-state index in [2.05, 4.69) is 5.32 Å². The van der Waals surface area contributed by atoms with Crippen molar-refractivity contribution in [2.75, 3.05) is 6.54 Å². The van der Waals surface area contributed by atoms with E-state index in [1.165, 1.54) is 0 Å². The van der Waals surface area contributed by atoms with Crippen molar-refractivity contribution < 1.29 is 14.6 Å². The zero-order chi connectivity index (χ0) is 15.7. The highest BCUT2D eigenvalue weighted by atomic mass is 16.6. The number of nitrogens with one attached hydrogen (secondary N) is 1. The number of carbonyl (C=O) groups excluding carboxylic acids is 1. The van der Waals surface area contributed by atoms with Crippen LogP contribution in [0.3, 0.4) is 0 Å². The van der Waals surface area contributed by atoms with Gasteiger partial charge in [0.1, 0.15) is 5.60 Å². The number of alkyl carbamates (subject to hydrolysis) is 1. The summed E-state index contributed by atoms with van der Waals surface area (Å²) in [6.45, 7) is 6.16. The Bertz CT molecular complexity index is 377. The van der Waals surface area contributed by atoms with Crippen molar-refractivity contribution in [1.29, 1.82) is 0 Å². The zero-order valence-electron chi connectivity index (χ0n) is 13.6. The molecule has 2 rings (SSSR count). The molecule has 2 aliphatic rings. The van der Waals surface area contributed by atoms with E-state index in [0.29, 0.717) is 6.54 Å². The normalized spacial score (nSPS) is 32.1. The van der Waals surface area contributed by atoms with E-state index < -0.39 is 5.60 Å². The third-order valence-corrected chi connectivity index (χ3v) is 5.27. The molecular weight excluding hydrogens is 268 g/mol. The van der Waals surface area contributed by atoms with E-state index in [0.717, 1.165) is 44.9 Å². The summed E-state index contributed by atoms with van der Waals surface area (Å²) in [5.74, 6) is 0. The molecule has 122 valence electrons. The Morgan fingerprint density at radius 2 is 1.86 bits per heavy atom. The number of ether oxygens (including phenoxy) is 1. The summed E-state index contributed by atoms with van der Waals surface area (Å²) in [7, 11) is 0. The molecular formula is C16H30N2O3. The smallest absolute Gasteiger partial charge is 0.408 e. The molecule has 0 heterocycles. The summed E-state index contributed by atoms with van der Waals surface area (Å²) in [6.07, 6.45) is 5.76. The van der Waals surface area contributed by atoms with E-state index >= 15 is 0 Å². The van der Waals surface area contributed by atoms with Gasteiger partial charge in [0, 0.05) is 12.0 Å². The molecule has 0 unspecified atom stereocenters. The summed E-state index contributed by atoms with van der Waals surface area (Å²) in [6, 6.07) is 0. The lowest BCUT2D eigenvalue weighted by atomic mass is 9.53. The van der Waals surface area contributed by atoms with Gasteiger partial charge in [0.25, 0.3) is 0 Å². The summed E-state index contributed by atoms with van der Waals surface area (Å²) in [5, 5.41) is 12.9. The average molecular weight is 298 g/mol. The van der Waals surface area contributed by atoms with Crippen LogP contribution < -0.4 is 11.1 Å². The van der Waals surface area contributed by atoms with Crippen LogP contribution >= 0.6 is 0 Å². The Labute approximate surface area is 127 Å². The topological polar surface area (TPSA) is 84.6 Å². The number of hydrogen-bond acceptors (Lipinski definition) is 4. The van der Waals surface area contributed by atoms with Gasteiger partial charge in [-0.15, -0.1) is 0 Å². The van der Waals surface area contributed by atoms with Crippen LogP contribution in [0.4, 0.5) is 4.79 Å². The van der Waals surface area contributed by atoms with Crippen LogP contribution in [0.2, 0.25) is 0 Å². The van der Waals surface area contributed by atoms with Crippen LogP contribution in [0.5, 0.6) is 0 Å². The molecule has 21 heavy (non-hydrogen) atoms. The minimum Gasteiger partial charge on any atom is -0.444 e. The molecule has 5 heteroatoms. The highest BCUT2D eigenvalue weighted by Gasteiger charge is 2.56. The molecule has 0 aromatic heterocycles. The maximum absolute atomic E-state index is 12.2. The van der Waals surface area contributed by atoms with E-state index in [1.54, 1.807) is 0 Å². The van der Waals surface area contributed by atoms with Crippen LogP contribution in [0.15, 0.2) is 0 Å². The number of hydrogen-bond donors (Lipinski definition) is 3. The van der Waals surface area contributed by atoms with Crippen LogP contribution in [-0.4, -0.2) is 35.0 Å². The minimum absolute atomic E-state index is 0.0958. The molecule has 2 fully saturated rings. The fourth-order valence-corrected chi connectivity index (χ4v) is 3.85. The summed E-state index contributed by atoms with van der Waals surface area (Å²) in [5.41, 5.74) is 5.27. The van der Waals surface area contributed by atoms with Crippen molar-refractivity contribution in [2.24, 2.45) is 11.1 Å². The van der Waals surface area contributed by atoms with Crippen molar-refractivity contribution in [3.8, 4) is 0 Å². The molecule has 1 amide bonds. The molecule has 0 aromatic rings. The van der Waals surface area contributed by atoms with Crippen LogP contribution in [0.25, 0.3) is 0 Å². The van der Waals surface area contributed by atoms with E-state index in [9.17, 15) is 9.90 Å². The van der Waals surface area contributed by atoms with Crippen molar-refractivity contribution in [3.05, 3.63) is 0 Å². The summed E-state index contributed by atoms with van der Waals surface area (Å²) >= 11 is 0. The van der Waals surface area contributed by atoms with Gasteiger partial charge in [-0.05, 0) is 65.7 Å². The van der Waals surface area contributed by atoms with Crippen LogP contribution in [-0.2, 0) is 4.74 Å². The third kappa shape index (κ3) is 3.34. The molecule has 4 N–H and O–H groups in total. The van der Waals surface area contributed by atoms with Crippen LogP contribution in [0, 0.1) is 5.41 Å². The van der Waals surface area contributed by atoms with Gasteiger partial charge in [0.05, 0.1) is 11.6 Å². The number of carbonyl (C=O) groups is 1. The fraction of sp³-hybridized carbons (Fsp3) is 0.938. The first-order chi connectivity index (χ1) is 9.72. The Hall–Kier alpha value is -0.810. The third-order valence-electron chi connectivity index (χ3n) is 5.27. The molecule has 0 aromatic carbocycles. The average Bonchev–Trinajstić information content (AvgIpc) is 2.33. The lowest BCUT2D eigenvalue weighted by Crippen LogP contribution is -2.67. The lowest BCUT2D eigenvalue weighted by molar-refractivity contribution is -0.0456. The summed E-state index contributed by atoms with van der Waals surface area (Å²) < 4.78 is 5.43. The van der Waals surface area contributed by atoms with E-state index in [4.69, 9.17) is 10.5 Å². The monoisotopic (exact) mass is 298 g/mol. The quantitative estimate of drug-likeness (QED) is 0.746. The number of nitrogens with two attached hydrogens (primary N) is 1. The molecule has 2 aliphatic carbocycles. The number of aliphatic hydroxyl groups is 1. The fourth-order valence-electron chi connectivity index (χ4n) is 3.85. The molecule has 5 nitrogen and oxygen atoms in total. The largest absolute Gasteiger partial charge is 0.444 e. The van der Waals surface area contributed by atoms with Crippen molar-refractivity contribution in [2.45, 2.75) is 83.0 Å². The Morgan fingerprint density at radius 1 is 1.29 bits per heavy atom. The number of rotatable bonds is 3. The predicted octanol–water partition coefficient (Wildman–Crippen LogP) is 2.31. The van der Waals surface area contributed by atoms with Crippen molar-refractivity contribution in [1.82, 2.24) is 5.32 Å². The first-order valence-corrected chi connectivity index (χ1v) is 8.11. The predicted molar refractivity (Wildman–Crippen MR) is 81.9 cm³/mol. The van der Waals surface area contributed by atoms with Crippen LogP contribution in [0.1, 0.15) is 65.7 Å². The van der Waals surface area contributed by atoms with Gasteiger partial charge < -0.3 is 20.9 Å². The van der Waals surface area contributed by atoms with Gasteiger partial charge in [-0.1, -0.05) is 0 Å². The van der Waals surface area contributed by atoms with E-state index in [1.807, 2.05) is 20.8 Å². The Morgan fingerprint density at radius 3 is 2.24 bits per heavy atom. The highest BCUT2D eigenvalue weighted by molar-refractivity contribution is 5.69. The summed E-state index contributed by atoms with van der Waals surface area (Å²) in [4.78, 5) is 12.2. The van der Waals surface area contributed by atoms with E-state index in [-0.39, 0.29) is 23.2 Å². The van der Waals surface area contributed by atoms with Gasteiger partial charge in [-0.2, -0.15) is 0 Å². The number of amides is 1. The van der Waals surface area contributed by atoms with Gasteiger partial charge >= 0.3 is 6.09 Å². The van der Waals surface area contributed by atoms with Gasteiger partial charge in [0.15, 0.2) is 0 Å². The second-order valence-electron chi connectivity index (χ2n) is 7.78. The lowest BCUT2D eigenvalue weighted by Gasteiger charge is -2.58. The highest BCUT2D eigenvalue weighted by Crippen LogP contribution is 2.53. The Balaban J connectivity index is 2.11. The molecule has 0 radical (unpaired) electrons. The maximum Gasteiger partial charge on any atom is 0.408 e. The molecule has 0 bridgehead atoms. The van der Waals surface area contributed by atoms with Gasteiger partial charge in [0.2, 0.25) is 0 Å². The molecule has 0 saturated heterocycles. The first kappa shape index (κ1) is 16.6. The standard InChI is InChI=1S/C16H30N2O3/c1-14(2,3)21-13(20)18-16(7-4-8-16)15(11-17)9-5-12(19)6-10-15/h12,19H,4-11,17H2,1-3H3,(H,18,20). The molecule has 0 atom stereocenters. The second-order valence-corrected chi connectivity index (χ2v) is 7.78. The molecule has 2 saturated carbocycles. The minimum atomic E-state index is -0.492. The zero-order valence-corrected chi connectivity index (χ0v) is 13.6. The molecule has 0 aliphatic heterocycles. The van der Waals surface area contributed by atoms with Gasteiger partial charge in [-0.25, -0.2) is 4.79 Å². The molecule has 0 spiro atoms. The Kier molecular flexibility index (Phi) is 4.54. The second kappa shape index (κ2) is 5.76. The SMILES string of the molecule is CC(C)(C)OC(=O)NC1(C2(CN)CCC(O)CC2)CCC1. The van der Waals surface area contributed by atoms with Gasteiger partial charge in [-0.3, -0.25) is 0 Å².